The maximum atomic E-state index is 13.1. The second-order valence-electron chi connectivity index (χ2n) is 7.93. The smallest absolute Gasteiger partial charge is 0.411 e. The van der Waals surface area contributed by atoms with Gasteiger partial charge in [-0.15, -0.1) is 0 Å². The SMILES string of the molecule is CCOC(CCCNC(=O)[C@@H]1Cc2ccccc2CN1C(=O)OCc1ccccc1)OCC. The molecule has 3 rings (SSSR count). The van der Waals surface area contributed by atoms with Crippen molar-refractivity contribution in [2.24, 2.45) is 0 Å². The third kappa shape index (κ3) is 7.30. The van der Waals surface area contributed by atoms with Crippen LogP contribution in [0.4, 0.5) is 4.79 Å². The second kappa shape index (κ2) is 13.0. The van der Waals surface area contributed by atoms with E-state index in [-0.39, 0.29) is 18.8 Å². The minimum Gasteiger partial charge on any atom is -0.445 e. The number of nitrogens with zero attached hydrogens (tertiary/aromatic N) is 1. The lowest BCUT2D eigenvalue weighted by Crippen LogP contribution is -2.52. The number of carbonyl (C=O) groups is 2. The van der Waals surface area contributed by atoms with Gasteiger partial charge >= 0.3 is 6.09 Å². The molecule has 2 amide bonds. The standard InChI is InChI=1S/C26H34N2O5/c1-3-31-24(32-4-2)15-10-16-27-25(29)23-17-21-13-8-9-14-22(21)18-28(23)26(30)33-19-20-11-6-5-7-12-20/h5-9,11-14,23-24H,3-4,10,15-19H2,1-2H3,(H,27,29)/t23-/m0/s1. The Morgan fingerprint density at radius 3 is 2.36 bits per heavy atom. The Morgan fingerprint density at radius 2 is 1.67 bits per heavy atom. The Hall–Kier alpha value is -2.90. The first-order valence-corrected chi connectivity index (χ1v) is 11.7. The molecule has 0 aliphatic carbocycles. The first-order chi connectivity index (χ1) is 16.1. The van der Waals surface area contributed by atoms with Crippen molar-refractivity contribution in [1.82, 2.24) is 10.2 Å². The van der Waals surface area contributed by atoms with Gasteiger partial charge in [0.05, 0.1) is 6.54 Å². The minimum absolute atomic E-state index is 0.169. The maximum absolute atomic E-state index is 13.1. The van der Waals surface area contributed by atoms with E-state index in [0.29, 0.717) is 39.1 Å². The van der Waals surface area contributed by atoms with Gasteiger partial charge in [0.2, 0.25) is 5.91 Å². The summed E-state index contributed by atoms with van der Waals surface area (Å²) in [7, 11) is 0. The van der Waals surface area contributed by atoms with Crippen LogP contribution in [-0.4, -0.2) is 49.0 Å². The molecular weight excluding hydrogens is 420 g/mol. The van der Waals surface area contributed by atoms with Gasteiger partial charge in [0.15, 0.2) is 6.29 Å². The van der Waals surface area contributed by atoms with Crippen molar-refractivity contribution < 1.29 is 23.8 Å². The highest BCUT2D eigenvalue weighted by atomic mass is 16.7. The van der Waals surface area contributed by atoms with Crippen LogP contribution in [0.2, 0.25) is 0 Å². The number of benzene rings is 2. The molecular formula is C26H34N2O5. The number of amides is 2. The summed E-state index contributed by atoms with van der Waals surface area (Å²) in [5, 5.41) is 2.98. The van der Waals surface area contributed by atoms with Gasteiger partial charge in [0, 0.05) is 32.6 Å². The second-order valence-corrected chi connectivity index (χ2v) is 7.93. The van der Waals surface area contributed by atoms with Gasteiger partial charge in [-0.2, -0.15) is 0 Å². The topological polar surface area (TPSA) is 77.1 Å². The van der Waals surface area contributed by atoms with Crippen molar-refractivity contribution in [2.45, 2.75) is 58.6 Å². The summed E-state index contributed by atoms with van der Waals surface area (Å²) in [5.74, 6) is -0.175. The molecule has 7 nitrogen and oxygen atoms in total. The molecule has 0 bridgehead atoms. The van der Waals surface area contributed by atoms with Crippen LogP contribution in [0.5, 0.6) is 0 Å². The first-order valence-electron chi connectivity index (χ1n) is 11.7. The van der Waals surface area contributed by atoms with Gasteiger partial charge < -0.3 is 19.5 Å². The highest BCUT2D eigenvalue weighted by molar-refractivity contribution is 5.86. The van der Waals surface area contributed by atoms with Crippen LogP contribution in [0, 0.1) is 0 Å². The molecule has 1 atom stereocenters. The van der Waals surface area contributed by atoms with Crippen molar-refractivity contribution in [2.75, 3.05) is 19.8 Å². The van der Waals surface area contributed by atoms with Crippen LogP contribution in [0.1, 0.15) is 43.4 Å². The summed E-state index contributed by atoms with van der Waals surface area (Å²) in [4.78, 5) is 27.6. The summed E-state index contributed by atoms with van der Waals surface area (Å²) < 4.78 is 16.7. The highest BCUT2D eigenvalue weighted by Gasteiger charge is 2.35. The Morgan fingerprint density at radius 1 is 1.00 bits per heavy atom. The van der Waals surface area contributed by atoms with Crippen molar-refractivity contribution in [3.05, 3.63) is 71.3 Å². The van der Waals surface area contributed by atoms with Crippen molar-refractivity contribution in [3.8, 4) is 0 Å². The average Bonchev–Trinajstić information content (AvgIpc) is 2.85. The molecule has 0 unspecified atom stereocenters. The highest BCUT2D eigenvalue weighted by Crippen LogP contribution is 2.24. The number of fused-ring (bicyclic) bond motifs is 1. The minimum atomic E-state index is -0.613. The van der Waals surface area contributed by atoms with Gasteiger partial charge in [0.1, 0.15) is 12.6 Å². The van der Waals surface area contributed by atoms with Gasteiger partial charge in [-0.3, -0.25) is 9.69 Å². The average molecular weight is 455 g/mol. The zero-order chi connectivity index (χ0) is 23.5. The lowest BCUT2D eigenvalue weighted by Gasteiger charge is -2.35. The Kier molecular flexibility index (Phi) is 9.72. The quantitative estimate of drug-likeness (QED) is 0.410. The molecule has 0 fully saturated rings. The summed E-state index contributed by atoms with van der Waals surface area (Å²) in [6.07, 6.45) is 1.13. The predicted octanol–water partition coefficient (Wildman–Crippen LogP) is 4.05. The van der Waals surface area contributed by atoms with Gasteiger partial charge in [-0.25, -0.2) is 4.79 Å². The Labute approximate surface area is 196 Å². The Balaban J connectivity index is 1.60. The van der Waals surface area contributed by atoms with Gasteiger partial charge in [-0.1, -0.05) is 54.6 Å². The molecule has 0 radical (unpaired) electrons. The number of carbonyl (C=O) groups excluding carboxylic acids is 2. The lowest BCUT2D eigenvalue weighted by molar-refractivity contribution is -0.140. The molecule has 1 N–H and O–H groups in total. The summed E-state index contributed by atoms with van der Waals surface area (Å²) in [6.45, 7) is 6.03. The first kappa shape index (κ1) is 24.7. The van der Waals surface area contributed by atoms with Crippen LogP contribution in [0.15, 0.2) is 54.6 Å². The predicted molar refractivity (Wildman–Crippen MR) is 125 cm³/mol. The van der Waals surface area contributed by atoms with E-state index in [9.17, 15) is 9.59 Å². The van der Waals surface area contributed by atoms with E-state index in [1.807, 2.05) is 68.4 Å². The lowest BCUT2D eigenvalue weighted by atomic mass is 9.94. The third-order valence-corrected chi connectivity index (χ3v) is 5.61. The molecule has 178 valence electrons. The molecule has 7 heteroatoms. The fourth-order valence-electron chi connectivity index (χ4n) is 3.94. The number of hydrogen-bond acceptors (Lipinski definition) is 5. The fourth-order valence-corrected chi connectivity index (χ4v) is 3.94. The van der Waals surface area contributed by atoms with Crippen molar-refractivity contribution in [3.63, 3.8) is 0 Å². The van der Waals surface area contributed by atoms with E-state index < -0.39 is 12.1 Å². The van der Waals surface area contributed by atoms with E-state index in [4.69, 9.17) is 14.2 Å². The molecule has 1 heterocycles. The molecule has 0 spiro atoms. The normalized spacial score (nSPS) is 15.2. The van der Waals surface area contributed by atoms with Crippen LogP contribution >= 0.6 is 0 Å². The summed E-state index contributed by atoms with van der Waals surface area (Å²) in [5.41, 5.74) is 3.02. The van der Waals surface area contributed by atoms with Crippen LogP contribution in [0.3, 0.4) is 0 Å². The molecule has 0 aromatic heterocycles. The number of hydrogen-bond donors (Lipinski definition) is 1. The zero-order valence-corrected chi connectivity index (χ0v) is 19.5. The van der Waals surface area contributed by atoms with Crippen LogP contribution in [0.25, 0.3) is 0 Å². The maximum Gasteiger partial charge on any atom is 0.411 e. The molecule has 33 heavy (non-hydrogen) atoms. The summed E-state index contributed by atoms with van der Waals surface area (Å²) >= 11 is 0. The van der Waals surface area contributed by atoms with E-state index in [1.54, 1.807) is 0 Å². The molecule has 2 aromatic rings. The molecule has 1 aliphatic heterocycles. The van der Waals surface area contributed by atoms with Gasteiger partial charge in [0.25, 0.3) is 0 Å². The number of rotatable bonds is 11. The number of ether oxygens (including phenoxy) is 3. The van der Waals surface area contributed by atoms with E-state index >= 15 is 0 Å². The van der Waals surface area contributed by atoms with Crippen molar-refractivity contribution >= 4 is 12.0 Å². The van der Waals surface area contributed by atoms with E-state index in [2.05, 4.69) is 5.32 Å². The zero-order valence-electron chi connectivity index (χ0n) is 19.5. The molecule has 0 saturated carbocycles. The van der Waals surface area contributed by atoms with Crippen LogP contribution < -0.4 is 5.32 Å². The van der Waals surface area contributed by atoms with Crippen molar-refractivity contribution in [1.29, 1.82) is 0 Å². The van der Waals surface area contributed by atoms with Gasteiger partial charge in [-0.05, 0) is 37.0 Å². The largest absolute Gasteiger partial charge is 0.445 e. The van der Waals surface area contributed by atoms with Crippen LogP contribution in [-0.2, 0) is 38.6 Å². The molecule has 1 aliphatic rings. The van der Waals surface area contributed by atoms with E-state index in [0.717, 1.165) is 23.1 Å². The monoisotopic (exact) mass is 454 g/mol. The van der Waals surface area contributed by atoms with E-state index in [1.165, 1.54) is 4.90 Å². The Bertz CT molecular complexity index is 883. The third-order valence-electron chi connectivity index (χ3n) is 5.61. The summed E-state index contributed by atoms with van der Waals surface area (Å²) in [6, 6.07) is 16.8. The number of nitrogens with one attached hydrogen (secondary N) is 1. The molecule has 2 aromatic carbocycles. The molecule has 0 saturated heterocycles. The fraction of sp³-hybridized carbons (Fsp3) is 0.462.